The van der Waals surface area contributed by atoms with Gasteiger partial charge in [0.15, 0.2) is 0 Å². The molecule has 2 aromatic rings. The van der Waals surface area contributed by atoms with Crippen molar-refractivity contribution in [3.05, 3.63) is 28.2 Å². The highest BCUT2D eigenvalue weighted by molar-refractivity contribution is 7.88. The van der Waals surface area contributed by atoms with Gasteiger partial charge in [0.25, 0.3) is 5.56 Å². The molecule has 30 heavy (non-hydrogen) atoms. The van der Waals surface area contributed by atoms with Crippen molar-refractivity contribution >= 4 is 27.0 Å². The molecule has 0 unspecified atom stereocenters. The maximum Gasteiger partial charge on any atom is 0.255 e. The molecule has 0 radical (unpaired) electrons. The molecule has 1 saturated carbocycles. The summed E-state index contributed by atoms with van der Waals surface area (Å²) in [4.78, 5) is 21.6. The third kappa shape index (κ3) is 3.95. The van der Waals surface area contributed by atoms with Crippen molar-refractivity contribution in [2.75, 3.05) is 24.6 Å². The van der Waals surface area contributed by atoms with Crippen LogP contribution in [-0.2, 0) is 10.0 Å². The Bertz CT molecular complexity index is 1620. The molecule has 2 fully saturated rings. The van der Waals surface area contributed by atoms with E-state index in [0.717, 1.165) is 12.3 Å². The number of aliphatic hydroxyl groups is 1. The van der Waals surface area contributed by atoms with Crippen LogP contribution in [0.25, 0.3) is 11.0 Å². The highest BCUT2D eigenvalue weighted by atomic mass is 32.2. The molecule has 10 heteroatoms. The number of anilines is 1. The number of piperidine rings is 1. The first-order valence-electron chi connectivity index (χ1n) is 16.0. The second kappa shape index (κ2) is 7.58. The molecule has 1 aliphatic heterocycles. The zero-order chi connectivity index (χ0) is 33.7. The topological polar surface area (TPSA) is 117 Å². The number of aromatic nitrogens is 3. The van der Waals surface area contributed by atoms with Crippen LogP contribution in [-0.4, -0.2) is 63.3 Å². The Balaban J connectivity index is 1.89. The number of hydrogen-bond donors (Lipinski definition) is 2. The SMILES string of the molecule is [2H]C([2H])([2H])c1cc2cnc(NC3([2H])C([2H])([2H])CN(S(=O)(=O)C([2H])([2H])[2H])CC3([2H])[2H])nc2n([C@@H]2CCC[C@]2(O)C([2H])([2H])[2H])c1=O. The molecule has 0 aromatic carbocycles. The summed E-state index contributed by atoms with van der Waals surface area (Å²) in [5, 5.41) is 13.3. The number of sulfonamides is 1. The van der Waals surface area contributed by atoms with Crippen LogP contribution in [0, 0.1) is 6.85 Å². The van der Waals surface area contributed by atoms with Crippen LogP contribution in [0.5, 0.6) is 0 Å². The number of hydrogen-bond acceptors (Lipinski definition) is 7. The van der Waals surface area contributed by atoms with E-state index >= 15 is 0 Å². The third-order valence-electron chi connectivity index (χ3n) is 5.11. The molecule has 164 valence electrons. The van der Waals surface area contributed by atoms with Gasteiger partial charge < -0.3 is 10.4 Å². The highest BCUT2D eigenvalue weighted by Gasteiger charge is 2.39. The van der Waals surface area contributed by atoms with Gasteiger partial charge in [-0.2, -0.15) is 4.98 Å². The summed E-state index contributed by atoms with van der Waals surface area (Å²) in [5.41, 5.74) is -4.78. The van der Waals surface area contributed by atoms with Gasteiger partial charge >= 0.3 is 0 Å². The predicted molar refractivity (Wildman–Crippen MR) is 115 cm³/mol. The summed E-state index contributed by atoms with van der Waals surface area (Å²) in [6.07, 6.45) is -9.09. The average molecular weight is 450 g/mol. The maximum absolute atomic E-state index is 13.6. The van der Waals surface area contributed by atoms with E-state index in [1.807, 2.05) is 0 Å². The van der Waals surface area contributed by atoms with Gasteiger partial charge in [-0.25, -0.2) is 17.7 Å². The Morgan fingerprint density at radius 1 is 1.43 bits per heavy atom. The summed E-state index contributed by atoms with van der Waals surface area (Å²) < 4.78 is 137. The standard InChI is InChI=1S/C20H29N5O4S/c1-13-11-14-12-21-19(22-15-6-9-24(10-7-15)30(3,28)29)23-17(14)25(18(13)26)16-5-4-8-20(16,2)27/h11-12,15-16,27H,4-10H2,1-3H3,(H,21,22,23)/t16-,20-/m1/s1/i1D3,2D3,3D3,6D2,7D2,15D. The van der Waals surface area contributed by atoms with Crippen LogP contribution in [0.2, 0.25) is 0 Å². The van der Waals surface area contributed by atoms with Crippen molar-refractivity contribution in [2.45, 2.75) is 63.4 Å². The van der Waals surface area contributed by atoms with E-state index < -0.39 is 96.1 Å². The third-order valence-corrected chi connectivity index (χ3v) is 6.05. The molecule has 9 nitrogen and oxygen atoms in total. The minimum Gasteiger partial charge on any atom is -0.388 e. The zero-order valence-corrected chi connectivity index (χ0v) is 16.5. The van der Waals surface area contributed by atoms with Crippen LogP contribution < -0.4 is 10.9 Å². The molecule has 4 rings (SSSR count). The second-order valence-electron chi connectivity index (χ2n) is 7.16. The van der Waals surface area contributed by atoms with Crippen molar-refractivity contribution in [3.8, 4) is 0 Å². The first-order chi connectivity index (χ1) is 19.6. The molecule has 2 N–H and O–H groups in total. The summed E-state index contributed by atoms with van der Waals surface area (Å²) >= 11 is 0. The normalized spacial score (nSPS) is 38.9. The Morgan fingerprint density at radius 3 is 2.93 bits per heavy atom. The van der Waals surface area contributed by atoms with E-state index in [2.05, 4.69) is 15.3 Å². The fourth-order valence-corrected chi connectivity index (χ4v) is 4.07. The Morgan fingerprint density at radius 2 is 2.23 bits per heavy atom. The van der Waals surface area contributed by atoms with Gasteiger partial charge in [-0.15, -0.1) is 0 Å². The van der Waals surface area contributed by atoms with E-state index in [1.54, 1.807) is 0 Å². The lowest BCUT2D eigenvalue weighted by Gasteiger charge is -2.31. The minimum atomic E-state index is -5.20. The van der Waals surface area contributed by atoms with E-state index in [0.29, 0.717) is 4.57 Å². The fourth-order valence-electron chi connectivity index (χ4n) is 3.61. The van der Waals surface area contributed by atoms with Crippen LogP contribution >= 0.6 is 0 Å². The molecule has 2 atom stereocenters. The van der Waals surface area contributed by atoms with Crippen LogP contribution in [0.3, 0.4) is 0 Å². The Hall–Kier alpha value is -2.04. The highest BCUT2D eigenvalue weighted by Crippen LogP contribution is 2.39. The minimum absolute atomic E-state index is 0.0671. The van der Waals surface area contributed by atoms with Crippen molar-refractivity contribution in [1.29, 1.82) is 0 Å². The molecule has 0 bridgehead atoms. The first kappa shape index (κ1) is 10.1. The number of pyridine rings is 1. The number of nitrogens with one attached hydrogen (secondary N) is 1. The molecule has 3 heterocycles. The molecular formula is C20H29N5O4S. The van der Waals surface area contributed by atoms with Gasteiger partial charge in [0.1, 0.15) is 5.65 Å². The van der Waals surface area contributed by atoms with Crippen LogP contribution in [0.15, 0.2) is 17.1 Å². The monoisotopic (exact) mass is 449 g/mol. The summed E-state index contributed by atoms with van der Waals surface area (Å²) in [7, 11) is -5.20. The molecule has 0 spiro atoms. The number of aryl methyl sites for hydroxylation is 1. The summed E-state index contributed by atoms with van der Waals surface area (Å²) in [6, 6.07) is -3.61. The predicted octanol–water partition coefficient (Wildman–Crippen LogP) is 1.41. The lowest BCUT2D eigenvalue weighted by atomic mass is 9.99. The Labute approximate surface area is 195 Å². The largest absolute Gasteiger partial charge is 0.388 e. The van der Waals surface area contributed by atoms with E-state index in [9.17, 15) is 18.3 Å². The van der Waals surface area contributed by atoms with Crippen molar-refractivity contribution in [2.24, 2.45) is 0 Å². The zero-order valence-electron chi connectivity index (χ0n) is 29.6. The van der Waals surface area contributed by atoms with E-state index in [-0.39, 0.29) is 29.0 Å². The van der Waals surface area contributed by atoms with Gasteiger partial charge in [-0.1, -0.05) is 0 Å². The molecule has 0 amide bonds. The van der Waals surface area contributed by atoms with Gasteiger partial charge in [-0.05, 0) is 51.8 Å². The molecule has 2 aliphatic rings. The van der Waals surface area contributed by atoms with Gasteiger partial charge in [-0.3, -0.25) is 9.36 Å². The lowest BCUT2D eigenvalue weighted by Crippen LogP contribution is -2.42. The molecule has 1 aliphatic carbocycles. The van der Waals surface area contributed by atoms with Crippen LogP contribution in [0.4, 0.5) is 5.95 Å². The van der Waals surface area contributed by atoms with Gasteiger partial charge in [0, 0.05) is 54.1 Å². The van der Waals surface area contributed by atoms with Crippen LogP contribution in [0.1, 0.15) is 69.7 Å². The van der Waals surface area contributed by atoms with Crippen molar-refractivity contribution < 1.29 is 32.7 Å². The number of rotatable bonds is 4. The average Bonchev–Trinajstić information content (AvgIpc) is 3.23. The molecule has 2 aromatic heterocycles. The van der Waals surface area contributed by atoms with E-state index in [4.69, 9.17) is 19.2 Å². The first-order valence-corrected chi connectivity index (χ1v) is 10.5. The van der Waals surface area contributed by atoms with Gasteiger partial charge in [0.2, 0.25) is 16.0 Å². The Kier molecular flexibility index (Phi) is 2.54. The molecule has 1 saturated heterocycles. The van der Waals surface area contributed by atoms with Crippen molar-refractivity contribution in [1.82, 2.24) is 18.8 Å². The molecular weight excluding hydrogens is 406 g/mol. The van der Waals surface area contributed by atoms with E-state index in [1.165, 1.54) is 0 Å². The van der Waals surface area contributed by atoms with Gasteiger partial charge in [0.05, 0.1) is 19.2 Å². The lowest BCUT2D eigenvalue weighted by molar-refractivity contribution is 0.0266. The fraction of sp³-hybridized carbons (Fsp3) is 0.650. The quantitative estimate of drug-likeness (QED) is 0.725. The summed E-state index contributed by atoms with van der Waals surface area (Å²) in [5.74, 6) is -0.683. The maximum atomic E-state index is 13.6. The summed E-state index contributed by atoms with van der Waals surface area (Å²) in [6.45, 7) is -8.46. The second-order valence-corrected chi connectivity index (χ2v) is 8.63. The smallest absolute Gasteiger partial charge is 0.255 e. The number of fused-ring (bicyclic) bond motifs is 1. The van der Waals surface area contributed by atoms with Crippen molar-refractivity contribution in [3.63, 3.8) is 0 Å². The number of nitrogens with zero attached hydrogens (tertiary/aromatic N) is 4.